The lowest BCUT2D eigenvalue weighted by Crippen LogP contribution is -2.11. The predicted octanol–water partition coefficient (Wildman–Crippen LogP) is 4.14. The Kier molecular flexibility index (Phi) is 5.84. The van der Waals surface area contributed by atoms with Crippen molar-refractivity contribution >= 4 is 25.7 Å². The van der Waals surface area contributed by atoms with Crippen LogP contribution in [-0.4, -0.2) is 24.8 Å². The fourth-order valence-electron chi connectivity index (χ4n) is 1.24. The molecule has 0 fully saturated rings. The van der Waals surface area contributed by atoms with Crippen molar-refractivity contribution in [2.24, 2.45) is 0 Å². The third kappa shape index (κ3) is 6.30. The summed E-state index contributed by atoms with van der Waals surface area (Å²) in [6.07, 6.45) is 9.85. The summed E-state index contributed by atoms with van der Waals surface area (Å²) in [5, 5.41) is 0. The first-order valence-corrected chi connectivity index (χ1v) is 8.98. The van der Waals surface area contributed by atoms with Crippen LogP contribution in [0.15, 0.2) is 0 Å². The molecular weight excluding hydrogens is 183 g/mol. The van der Waals surface area contributed by atoms with E-state index in [2.05, 4.69) is 50.1 Å². The number of rotatable bonds is 5. The lowest BCUT2D eigenvalue weighted by atomic mass is 9.64. The van der Waals surface area contributed by atoms with Gasteiger partial charge in [-0.1, -0.05) is 39.3 Å². The van der Waals surface area contributed by atoms with E-state index in [0.717, 1.165) is 11.8 Å². The minimum atomic E-state index is -0.370. The molecule has 3 heteroatoms. The molecule has 0 saturated carbocycles. The first kappa shape index (κ1) is 12.8. The van der Waals surface area contributed by atoms with Gasteiger partial charge in [0.2, 0.25) is 5.99 Å². The average Bonchev–Trinajstić information content (AvgIpc) is 1.84. The molecule has 0 aromatic rings. The highest BCUT2D eigenvalue weighted by Gasteiger charge is 2.20. The second-order valence-corrected chi connectivity index (χ2v) is 12.3. The Hall–Kier alpha value is 0.765. The molecule has 1 unspecified atom stereocenters. The molecule has 0 amide bonds. The molecule has 0 N–H and O–H groups in total. The van der Waals surface area contributed by atoms with Gasteiger partial charge in [-0.25, -0.2) is 9.06 Å². The third-order valence-corrected chi connectivity index (χ3v) is 5.97. The zero-order valence-electron chi connectivity index (χ0n) is 9.39. The van der Waals surface area contributed by atoms with Gasteiger partial charge in [-0.3, -0.25) is 0 Å². The maximum absolute atomic E-state index is 2.38. The predicted molar refractivity (Wildman–Crippen MR) is 68.9 cm³/mol. The zero-order chi connectivity index (χ0) is 9.78. The fraction of sp³-hybridized carbons (Fsp3) is 1.00. The zero-order valence-corrected chi connectivity index (χ0v) is 11.0. The topological polar surface area (TPSA) is 0 Å². The van der Waals surface area contributed by atoms with Gasteiger partial charge >= 0.3 is 0 Å². The normalized spacial score (nSPS) is 15.8. The highest BCUT2D eigenvalue weighted by atomic mass is 33.2. The standard InChI is InChI=1S/C9H23BS2/c1-7-8-9(2)10(3)11-12(4,5)6/h9H,7-8H2,1-6H3. The van der Waals surface area contributed by atoms with E-state index in [1.807, 2.05) is 0 Å². The summed E-state index contributed by atoms with van der Waals surface area (Å²) < 4.78 is 0. The maximum atomic E-state index is 2.38. The molecule has 0 aromatic carbocycles. The maximum Gasteiger partial charge on any atom is 0.221 e. The molecule has 0 bridgehead atoms. The van der Waals surface area contributed by atoms with Crippen molar-refractivity contribution in [2.45, 2.75) is 39.3 Å². The molecular formula is C9H23BS2. The molecule has 0 aliphatic carbocycles. The SMILES string of the molecule is CCCC(C)B(C)SS(C)(C)C. The molecule has 0 aliphatic heterocycles. The molecule has 0 rings (SSSR count). The van der Waals surface area contributed by atoms with Crippen LogP contribution in [0.4, 0.5) is 0 Å². The minimum absolute atomic E-state index is 0.370. The lowest BCUT2D eigenvalue weighted by molar-refractivity contribution is 0.761. The van der Waals surface area contributed by atoms with E-state index in [1.54, 1.807) is 0 Å². The van der Waals surface area contributed by atoms with Gasteiger partial charge in [-0.15, -0.1) is 0 Å². The van der Waals surface area contributed by atoms with Crippen molar-refractivity contribution < 1.29 is 0 Å². The lowest BCUT2D eigenvalue weighted by Gasteiger charge is -2.29. The summed E-state index contributed by atoms with van der Waals surface area (Å²) in [7, 11) is 1.82. The molecule has 0 saturated heterocycles. The van der Waals surface area contributed by atoms with E-state index >= 15 is 0 Å². The first-order valence-electron chi connectivity index (χ1n) is 4.73. The largest absolute Gasteiger partial charge is 0.221 e. The van der Waals surface area contributed by atoms with Crippen molar-refractivity contribution in [3.05, 3.63) is 0 Å². The summed E-state index contributed by atoms with van der Waals surface area (Å²) in [4.78, 5) is 0. The monoisotopic (exact) mass is 206 g/mol. The Morgan fingerprint density at radius 3 is 2.17 bits per heavy atom. The summed E-state index contributed by atoms with van der Waals surface area (Å²) in [5.74, 6) is 1.71. The van der Waals surface area contributed by atoms with Crippen molar-refractivity contribution in [2.75, 3.05) is 18.8 Å². The third-order valence-electron chi connectivity index (χ3n) is 1.99. The second-order valence-electron chi connectivity index (χ2n) is 4.29. The van der Waals surface area contributed by atoms with Crippen LogP contribution in [0.25, 0.3) is 0 Å². The molecule has 0 aromatic heterocycles. The molecule has 74 valence electrons. The van der Waals surface area contributed by atoms with E-state index in [-0.39, 0.29) is 9.06 Å². The van der Waals surface area contributed by atoms with Crippen LogP contribution >= 0.6 is 19.7 Å². The molecule has 1 atom stereocenters. The molecule has 0 nitrogen and oxygen atoms in total. The van der Waals surface area contributed by atoms with Gasteiger partial charge in [-0.2, -0.15) is 10.6 Å². The fourth-order valence-corrected chi connectivity index (χ4v) is 5.78. The molecule has 0 spiro atoms. The summed E-state index contributed by atoms with van der Waals surface area (Å²) in [6.45, 7) is 7.04. The van der Waals surface area contributed by atoms with Crippen molar-refractivity contribution in [3.8, 4) is 0 Å². The summed E-state index contributed by atoms with van der Waals surface area (Å²) >= 11 is 0. The number of hydrogen-bond donors (Lipinski definition) is 0. The quantitative estimate of drug-likeness (QED) is 0.481. The molecule has 0 heterocycles. The van der Waals surface area contributed by atoms with Gasteiger partial charge in [0, 0.05) is 0 Å². The van der Waals surface area contributed by atoms with E-state index in [0.29, 0.717) is 0 Å². The van der Waals surface area contributed by atoms with Crippen LogP contribution in [0, 0.1) is 0 Å². The van der Waals surface area contributed by atoms with Crippen LogP contribution in [0.5, 0.6) is 0 Å². The average molecular weight is 206 g/mol. The van der Waals surface area contributed by atoms with Gasteiger partial charge in [0.15, 0.2) is 0 Å². The van der Waals surface area contributed by atoms with E-state index in [4.69, 9.17) is 0 Å². The van der Waals surface area contributed by atoms with Gasteiger partial charge in [0.25, 0.3) is 0 Å². The summed E-state index contributed by atoms with van der Waals surface area (Å²) in [6, 6.07) is 0. The Morgan fingerprint density at radius 2 is 1.83 bits per heavy atom. The van der Waals surface area contributed by atoms with Crippen LogP contribution < -0.4 is 0 Å². The van der Waals surface area contributed by atoms with E-state index in [9.17, 15) is 0 Å². The Labute approximate surface area is 84.0 Å². The van der Waals surface area contributed by atoms with Gasteiger partial charge in [0.1, 0.15) is 0 Å². The summed E-state index contributed by atoms with van der Waals surface area (Å²) in [5.41, 5.74) is 0. The van der Waals surface area contributed by atoms with Crippen molar-refractivity contribution in [3.63, 3.8) is 0 Å². The molecule has 12 heavy (non-hydrogen) atoms. The highest BCUT2D eigenvalue weighted by molar-refractivity contribution is 9.01. The van der Waals surface area contributed by atoms with Crippen LogP contribution in [0.1, 0.15) is 26.7 Å². The Balaban J connectivity index is 3.78. The second kappa shape index (κ2) is 5.49. The first-order chi connectivity index (χ1) is 5.37. The van der Waals surface area contributed by atoms with Crippen LogP contribution in [0.3, 0.4) is 0 Å². The van der Waals surface area contributed by atoms with Gasteiger partial charge in [-0.05, 0) is 18.8 Å². The van der Waals surface area contributed by atoms with Gasteiger partial charge < -0.3 is 0 Å². The smallest absolute Gasteiger partial charge is 0.211 e. The number of hydrogen-bond acceptors (Lipinski definition) is 1. The van der Waals surface area contributed by atoms with Gasteiger partial charge in [0.05, 0.1) is 0 Å². The Bertz CT molecular complexity index is 120. The Morgan fingerprint density at radius 1 is 1.33 bits per heavy atom. The minimum Gasteiger partial charge on any atom is -0.211 e. The van der Waals surface area contributed by atoms with E-state index in [1.165, 1.54) is 12.8 Å². The van der Waals surface area contributed by atoms with Crippen LogP contribution in [-0.2, 0) is 0 Å². The van der Waals surface area contributed by atoms with E-state index < -0.39 is 0 Å². The van der Waals surface area contributed by atoms with Crippen LogP contribution in [0.2, 0.25) is 12.6 Å². The molecule has 0 radical (unpaired) electrons. The highest BCUT2D eigenvalue weighted by Crippen LogP contribution is 2.53. The molecule has 0 aliphatic rings. The van der Waals surface area contributed by atoms with Crippen molar-refractivity contribution in [1.29, 1.82) is 0 Å². The van der Waals surface area contributed by atoms with Crippen molar-refractivity contribution in [1.82, 2.24) is 0 Å².